The fraction of sp³-hybridized carbons (Fsp3) is 0.467. The summed E-state index contributed by atoms with van der Waals surface area (Å²) in [5, 5.41) is 6.07. The van der Waals surface area contributed by atoms with Gasteiger partial charge < -0.3 is 15.5 Å². The van der Waals surface area contributed by atoms with Gasteiger partial charge in [0.15, 0.2) is 0 Å². The molecule has 2 amide bonds. The molecule has 1 aromatic rings. The van der Waals surface area contributed by atoms with E-state index in [-0.39, 0.29) is 17.9 Å². The summed E-state index contributed by atoms with van der Waals surface area (Å²) in [6.07, 6.45) is 3.01. The number of carbonyl (C=O) groups excluding carboxylic acids is 2. The molecule has 1 aliphatic heterocycles. The van der Waals surface area contributed by atoms with Crippen molar-refractivity contribution in [2.45, 2.75) is 25.3 Å². The lowest BCUT2D eigenvalue weighted by Gasteiger charge is -2.23. The first-order valence-corrected chi connectivity index (χ1v) is 6.94. The second-order valence-electron chi connectivity index (χ2n) is 5.24. The molecule has 0 bridgehead atoms. The average molecular weight is 275 g/mol. The number of hydrogen-bond acceptors (Lipinski definition) is 3. The maximum atomic E-state index is 12.2. The lowest BCUT2D eigenvalue weighted by molar-refractivity contribution is -0.118. The van der Waals surface area contributed by atoms with Crippen LogP contribution in [0.4, 0.5) is 5.69 Å². The molecule has 2 N–H and O–H groups in total. The standard InChI is InChI=1S/C15H21N3O2/c1-18(2)15(20)11-7-3-4-8-12(11)17-14(19)13-9-5-6-10-16-13/h3-4,7-8,13,16H,5-6,9-10H2,1-2H3,(H,17,19)/t13-/m0/s1. The number of nitrogens with zero attached hydrogens (tertiary/aromatic N) is 1. The van der Waals surface area contributed by atoms with Gasteiger partial charge in [-0.2, -0.15) is 0 Å². The number of benzene rings is 1. The highest BCUT2D eigenvalue weighted by molar-refractivity contribution is 6.04. The predicted molar refractivity (Wildman–Crippen MR) is 78.7 cm³/mol. The van der Waals surface area contributed by atoms with Crippen molar-refractivity contribution in [3.8, 4) is 0 Å². The van der Waals surface area contributed by atoms with E-state index in [1.165, 1.54) is 4.90 Å². The lowest BCUT2D eigenvalue weighted by atomic mass is 10.0. The van der Waals surface area contributed by atoms with Crippen LogP contribution in [0.15, 0.2) is 24.3 Å². The molecular formula is C15H21N3O2. The van der Waals surface area contributed by atoms with E-state index < -0.39 is 0 Å². The van der Waals surface area contributed by atoms with Gasteiger partial charge in [-0.1, -0.05) is 18.6 Å². The van der Waals surface area contributed by atoms with Gasteiger partial charge in [0.05, 0.1) is 17.3 Å². The summed E-state index contributed by atoms with van der Waals surface area (Å²) in [6.45, 7) is 0.871. The summed E-state index contributed by atoms with van der Waals surface area (Å²) < 4.78 is 0. The molecule has 0 radical (unpaired) electrons. The number of nitrogens with one attached hydrogen (secondary N) is 2. The largest absolute Gasteiger partial charge is 0.345 e. The minimum Gasteiger partial charge on any atom is -0.345 e. The van der Waals surface area contributed by atoms with E-state index in [1.54, 1.807) is 32.3 Å². The maximum absolute atomic E-state index is 12.2. The number of para-hydroxylation sites is 1. The Balaban J connectivity index is 2.12. The van der Waals surface area contributed by atoms with Crippen LogP contribution in [-0.2, 0) is 4.79 Å². The summed E-state index contributed by atoms with van der Waals surface area (Å²) in [5.41, 5.74) is 1.09. The topological polar surface area (TPSA) is 61.4 Å². The zero-order chi connectivity index (χ0) is 14.5. The van der Waals surface area contributed by atoms with Gasteiger partial charge in [0.25, 0.3) is 5.91 Å². The van der Waals surface area contributed by atoms with Crippen LogP contribution >= 0.6 is 0 Å². The van der Waals surface area contributed by atoms with Gasteiger partial charge >= 0.3 is 0 Å². The Hall–Kier alpha value is -1.88. The van der Waals surface area contributed by atoms with E-state index in [0.717, 1.165) is 25.8 Å². The number of anilines is 1. The van der Waals surface area contributed by atoms with Crippen molar-refractivity contribution in [2.24, 2.45) is 0 Å². The van der Waals surface area contributed by atoms with Crippen LogP contribution in [0.1, 0.15) is 29.6 Å². The molecule has 0 saturated carbocycles. The van der Waals surface area contributed by atoms with E-state index in [1.807, 2.05) is 6.07 Å². The minimum absolute atomic E-state index is 0.0660. The molecule has 1 aliphatic rings. The molecule has 5 heteroatoms. The van der Waals surface area contributed by atoms with Crippen LogP contribution in [-0.4, -0.2) is 43.4 Å². The summed E-state index contributed by atoms with van der Waals surface area (Å²) >= 11 is 0. The van der Waals surface area contributed by atoms with Crippen molar-refractivity contribution in [1.29, 1.82) is 0 Å². The average Bonchev–Trinajstić information content (AvgIpc) is 2.48. The summed E-state index contributed by atoms with van der Waals surface area (Å²) in [4.78, 5) is 25.8. The second-order valence-corrected chi connectivity index (χ2v) is 5.24. The van der Waals surface area contributed by atoms with Crippen LogP contribution in [0.5, 0.6) is 0 Å². The van der Waals surface area contributed by atoms with Crippen LogP contribution < -0.4 is 10.6 Å². The van der Waals surface area contributed by atoms with E-state index in [2.05, 4.69) is 10.6 Å². The van der Waals surface area contributed by atoms with Crippen molar-refractivity contribution in [3.05, 3.63) is 29.8 Å². The Labute approximate surface area is 119 Å². The molecular weight excluding hydrogens is 254 g/mol. The van der Waals surface area contributed by atoms with Gasteiger partial charge in [-0.3, -0.25) is 9.59 Å². The molecule has 1 aromatic carbocycles. The van der Waals surface area contributed by atoms with Crippen molar-refractivity contribution >= 4 is 17.5 Å². The van der Waals surface area contributed by atoms with Crippen LogP contribution in [0.25, 0.3) is 0 Å². The van der Waals surface area contributed by atoms with Gasteiger partial charge in [0.2, 0.25) is 5.91 Å². The SMILES string of the molecule is CN(C)C(=O)c1ccccc1NC(=O)[C@@H]1CCCCN1. The quantitative estimate of drug-likeness (QED) is 0.878. The van der Waals surface area contributed by atoms with Gasteiger partial charge in [0.1, 0.15) is 0 Å². The summed E-state index contributed by atoms with van der Waals surface area (Å²) in [6, 6.07) is 6.94. The number of rotatable bonds is 3. The molecule has 0 spiro atoms. The number of hydrogen-bond donors (Lipinski definition) is 2. The van der Waals surface area contributed by atoms with Gasteiger partial charge in [-0.15, -0.1) is 0 Å². The smallest absolute Gasteiger partial charge is 0.255 e. The number of piperidine rings is 1. The van der Waals surface area contributed by atoms with Gasteiger partial charge in [-0.25, -0.2) is 0 Å². The zero-order valence-electron chi connectivity index (χ0n) is 12.0. The molecule has 0 aliphatic carbocycles. The van der Waals surface area contributed by atoms with Crippen molar-refractivity contribution in [1.82, 2.24) is 10.2 Å². The van der Waals surface area contributed by atoms with E-state index >= 15 is 0 Å². The first-order valence-electron chi connectivity index (χ1n) is 6.94. The van der Waals surface area contributed by atoms with Crippen molar-refractivity contribution in [2.75, 3.05) is 26.0 Å². The number of amides is 2. The summed E-state index contributed by atoms with van der Waals surface area (Å²) in [7, 11) is 3.40. The third kappa shape index (κ3) is 3.36. The molecule has 2 rings (SSSR count). The van der Waals surface area contributed by atoms with E-state index in [4.69, 9.17) is 0 Å². The van der Waals surface area contributed by atoms with Crippen molar-refractivity contribution in [3.63, 3.8) is 0 Å². The fourth-order valence-corrected chi connectivity index (χ4v) is 2.31. The third-order valence-electron chi connectivity index (χ3n) is 3.45. The molecule has 108 valence electrons. The second kappa shape index (κ2) is 6.52. The Bertz CT molecular complexity index is 494. The van der Waals surface area contributed by atoms with Gasteiger partial charge in [0, 0.05) is 14.1 Å². The molecule has 1 atom stereocenters. The summed E-state index contributed by atoms with van der Waals surface area (Å²) in [5.74, 6) is -0.179. The van der Waals surface area contributed by atoms with E-state index in [0.29, 0.717) is 11.3 Å². The normalized spacial score (nSPS) is 18.4. The van der Waals surface area contributed by atoms with Crippen LogP contribution in [0.2, 0.25) is 0 Å². The Morgan fingerprint density at radius 1 is 1.25 bits per heavy atom. The zero-order valence-corrected chi connectivity index (χ0v) is 12.0. The minimum atomic E-state index is -0.161. The first kappa shape index (κ1) is 14.5. The van der Waals surface area contributed by atoms with E-state index in [9.17, 15) is 9.59 Å². The number of carbonyl (C=O) groups is 2. The Morgan fingerprint density at radius 2 is 2.00 bits per heavy atom. The van der Waals surface area contributed by atoms with Crippen molar-refractivity contribution < 1.29 is 9.59 Å². The van der Waals surface area contributed by atoms with Crippen LogP contribution in [0, 0.1) is 0 Å². The maximum Gasteiger partial charge on any atom is 0.255 e. The highest BCUT2D eigenvalue weighted by Gasteiger charge is 2.22. The monoisotopic (exact) mass is 275 g/mol. The molecule has 20 heavy (non-hydrogen) atoms. The van der Waals surface area contributed by atoms with Gasteiger partial charge in [-0.05, 0) is 31.5 Å². The molecule has 1 fully saturated rings. The Kier molecular flexibility index (Phi) is 4.74. The Morgan fingerprint density at radius 3 is 2.65 bits per heavy atom. The molecule has 0 aromatic heterocycles. The highest BCUT2D eigenvalue weighted by Crippen LogP contribution is 2.18. The predicted octanol–water partition coefficient (Wildman–Crippen LogP) is 1.47. The lowest BCUT2D eigenvalue weighted by Crippen LogP contribution is -2.43. The fourth-order valence-electron chi connectivity index (χ4n) is 2.31. The molecule has 1 saturated heterocycles. The molecule has 0 unspecified atom stereocenters. The highest BCUT2D eigenvalue weighted by atomic mass is 16.2. The molecule has 1 heterocycles. The van der Waals surface area contributed by atoms with Crippen LogP contribution in [0.3, 0.4) is 0 Å². The molecule has 5 nitrogen and oxygen atoms in total. The first-order chi connectivity index (χ1) is 9.59. The third-order valence-corrected chi connectivity index (χ3v) is 3.45.